The molecule has 0 aliphatic carbocycles. The molecule has 1 aromatic rings. The Kier molecular flexibility index (Phi) is 6.18. The number of esters is 1. The molecule has 1 rings (SSSR count). The van der Waals surface area contributed by atoms with Gasteiger partial charge in [0.15, 0.2) is 17.4 Å². The first-order chi connectivity index (χ1) is 10.7. The molecule has 0 amide bonds. The SMILES string of the molecule is CCOC(=O)/C(=C\N(C)C)C(=O)c1cc(F)c(F)c(OC)c1F. The fraction of sp³-hybridized carbons (Fsp3) is 0.333. The van der Waals surface area contributed by atoms with Crippen molar-refractivity contribution >= 4 is 11.8 Å². The summed E-state index contributed by atoms with van der Waals surface area (Å²) in [7, 11) is 3.97. The van der Waals surface area contributed by atoms with Crippen LogP contribution in [0.15, 0.2) is 17.8 Å². The number of rotatable bonds is 6. The van der Waals surface area contributed by atoms with Crippen LogP contribution >= 0.6 is 0 Å². The molecule has 8 heteroatoms. The Bertz CT molecular complexity index is 657. The van der Waals surface area contributed by atoms with Crippen LogP contribution in [0.2, 0.25) is 0 Å². The molecule has 1 aromatic carbocycles. The third kappa shape index (κ3) is 4.02. The predicted molar refractivity (Wildman–Crippen MR) is 75.6 cm³/mol. The van der Waals surface area contributed by atoms with Gasteiger partial charge in [-0.3, -0.25) is 4.79 Å². The van der Waals surface area contributed by atoms with Crippen LogP contribution in [-0.4, -0.2) is 44.5 Å². The van der Waals surface area contributed by atoms with Crippen LogP contribution in [0, 0.1) is 17.5 Å². The second-order valence-electron chi connectivity index (χ2n) is 4.62. The van der Waals surface area contributed by atoms with Crippen LogP contribution in [0.4, 0.5) is 13.2 Å². The molecule has 0 atom stereocenters. The lowest BCUT2D eigenvalue weighted by atomic mass is 10.0. The molecule has 0 spiro atoms. The quantitative estimate of drug-likeness (QED) is 0.200. The minimum atomic E-state index is -1.56. The van der Waals surface area contributed by atoms with Crippen LogP contribution in [0.3, 0.4) is 0 Å². The van der Waals surface area contributed by atoms with Crippen molar-refractivity contribution in [2.75, 3.05) is 27.8 Å². The van der Waals surface area contributed by atoms with Gasteiger partial charge >= 0.3 is 5.97 Å². The lowest BCUT2D eigenvalue weighted by Crippen LogP contribution is -2.21. The van der Waals surface area contributed by atoms with Crippen molar-refractivity contribution in [2.45, 2.75) is 6.92 Å². The highest BCUT2D eigenvalue weighted by molar-refractivity contribution is 6.24. The monoisotopic (exact) mass is 331 g/mol. The first kappa shape index (κ1) is 18.5. The molecule has 0 radical (unpaired) electrons. The van der Waals surface area contributed by atoms with E-state index in [0.717, 1.165) is 13.3 Å². The molecule has 0 unspecified atom stereocenters. The summed E-state index contributed by atoms with van der Waals surface area (Å²) in [6, 6.07) is 0.373. The fourth-order valence-corrected chi connectivity index (χ4v) is 1.74. The number of ether oxygens (including phenoxy) is 2. The molecular weight excluding hydrogens is 315 g/mol. The maximum absolute atomic E-state index is 14.2. The number of carbonyl (C=O) groups is 2. The largest absolute Gasteiger partial charge is 0.491 e. The molecule has 23 heavy (non-hydrogen) atoms. The average Bonchev–Trinajstić information content (AvgIpc) is 2.48. The highest BCUT2D eigenvalue weighted by Gasteiger charge is 2.29. The van der Waals surface area contributed by atoms with E-state index in [1.807, 2.05) is 0 Å². The highest BCUT2D eigenvalue weighted by atomic mass is 19.2. The van der Waals surface area contributed by atoms with Gasteiger partial charge in [-0.2, -0.15) is 4.39 Å². The Hall–Kier alpha value is -2.51. The van der Waals surface area contributed by atoms with Gasteiger partial charge in [0.25, 0.3) is 0 Å². The first-order valence-corrected chi connectivity index (χ1v) is 6.56. The van der Waals surface area contributed by atoms with Crippen LogP contribution in [-0.2, 0) is 9.53 Å². The van der Waals surface area contributed by atoms with E-state index in [4.69, 9.17) is 4.74 Å². The number of methoxy groups -OCH3 is 1. The van der Waals surface area contributed by atoms with E-state index in [1.165, 1.54) is 25.9 Å². The smallest absolute Gasteiger partial charge is 0.343 e. The van der Waals surface area contributed by atoms with Gasteiger partial charge in [-0.05, 0) is 13.0 Å². The molecule has 0 aliphatic heterocycles. The van der Waals surface area contributed by atoms with Gasteiger partial charge in [-0.25, -0.2) is 13.6 Å². The Morgan fingerprint density at radius 3 is 2.30 bits per heavy atom. The molecule has 0 aromatic heterocycles. The predicted octanol–water partition coefficient (Wildman–Crippen LogP) is 2.30. The summed E-state index contributed by atoms with van der Waals surface area (Å²) in [5, 5.41) is 0. The summed E-state index contributed by atoms with van der Waals surface area (Å²) in [6.45, 7) is 1.51. The number of Topliss-reactive ketones (excluding diaryl/α,β-unsaturated/α-hetero) is 1. The van der Waals surface area contributed by atoms with Crippen molar-refractivity contribution in [1.82, 2.24) is 4.90 Å². The van der Waals surface area contributed by atoms with Crippen LogP contribution in [0.25, 0.3) is 0 Å². The zero-order valence-corrected chi connectivity index (χ0v) is 13.1. The summed E-state index contributed by atoms with van der Waals surface area (Å²) in [4.78, 5) is 25.6. The molecular formula is C15H16F3NO4. The van der Waals surface area contributed by atoms with Crippen molar-refractivity contribution in [1.29, 1.82) is 0 Å². The number of halogens is 3. The van der Waals surface area contributed by atoms with Crippen LogP contribution < -0.4 is 4.74 Å². The van der Waals surface area contributed by atoms with E-state index in [9.17, 15) is 22.8 Å². The average molecular weight is 331 g/mol. The van der Waals surface area contributed by atoms with E-state index in [2.05, 4.69) is 4.74 Å². The molecule has 0 fully saturated rings. The maximum Gasteiger partial charge on any atom is 0.343 e. The number of nitrogens with zero attached hydrogens (tertiary/aromatic N) is 1. The van der Waals surface area contributed by atoms with Crippen molar-refractivity contribution < 1.29 is 32.2 Å². The summed E-state index contributed by atoms with van der Waals surface area (Å²) in [6.07, 6.45) is 1.10. The molecule has 126 valence electrons. The van der Waals surface area contributed by atoms with Gasteiger partial charge in [-0.1, -0.05) is 0 Å². The Balaban J connectivity index is 3.46. The Morgan fingerprint density at radius 2 is 1.83 bits per heavy atom. The second-order valence-corrected chi connectivity index (χ2v) is 4.62. The number of ketones is 1. The van der Waals surface area contributed by atoms with E-state index in [0.29, 0.717) is 6.07 Å². The Morgan fingerprint density at radius 1 is 1.22 bits per heavy atom. The third-order valence-electron chi connectivity index (χ3n) is 2.69. The normalized spacial score (nSPS) is 11.2. The van der Waals surface area contributed by atoms with Crippen molar-refractivity contribution in [3.8, 4) is 5.75 Å². The third-order valence-corrected chi connectivity index (χ3v) is 2.69. The van der Waals surface area contributed by atoms with Gasteiger partial charge in [0.05, 0.1) is 19.3 Å². The maximum atomic E-state index is 14.2. The number of benzene rings is 1. The molecule has 0 saturated carbocycles. The zero-order chi connectivity index (χ0) is 17.7. The minimum Gasteiger partial charge on any atom is -0.491 e. The van der Waals surface area contributed by atoms with Crippen molar-refractivity contribution in [2.24, 2.45) is 0 Å². The molecule has 0 bridgehead atoms. The number of hydrogen-bond donors (Lipinski definition) is 0. The summed E-state index contributed by atoms with van der Waals surface area (Å²) in [5.74, 6) is -7.62. The summed E-state index contributed by atoms with van der Waals surface area (Å²) >= 11 is 0. The highest BCUT2D eigenvalue weighted by Crippen LogP contribution is 2.28. The molecule has 0 heterocycles. The summed E-state index contributed by atoms with van der Waals surface area (Å²) in [5.41, 5.74) is -1.36. The molecule has 5 nitrogen and oxygen atoms in total. The summed E-state index contributed by atoms with van der Waals surface area (Å²) < 4.78 is 50.3. The van der Waals surface area contributed by atoms with E-state index >= 15 is 0 Å². The van der Waals surface area contributed by atoms with E-state index in [-0.39, 0.29) is 6.61 Å². The van der Waals surface area contributed by atoms with Crippen molar-refractivity contribution in [3.05, 3.63) is 40.9 Å². The Labute approximate surface area is 131 Å². The zero-order valence-electron chi connectivity index (χ0n) is 13.1. The second kappa shape index (κ2) is 7.66. The lowest BCUT2D eigenvalue weighted by Gasteiger charge is -2.12. The number of carbonyl (C=O) groups excluding carboxylic acids is 2. The number of hydrogen-bond acceptors (Lipinski definition) is 5. The van der Waals surface area contributed by atoms with E-state index < -0.39 is 46.1 Å². The lowest BCUT2D eigenvalue weighted by molar-refractivity contribution is -0.138. The van der Waals surface area contributed by atoms with Crippen LogP contribution in [0.1, 0.15) is 17.3 Å². The standard InChI is InChI=1S/C15H16F3NO4/c1-5-23-15(21)9(7-19(2)3)13(20)8-6-10(16)12(18)14(22-4)11(8)17/h6-7H,5H2,1-4H3/b9-7-. The van der Waals surface area contributed by atoms with Gasteiger partial charge in [0, 0.05) is 20.3 Å². The van der Waals surface area contributed by atoms with Gasteiger partial charge < -0.3 is 14.4 Å². The van der Waals surface area contributed by atoms with E-state index in [1.54, 1.807) is 0 Å². The topological polar surface area (TPSA) is 55.8 Å². The minimum absolute atomic E-state index is 0.0134. The molecule has 0 N–H and O–H groups in total. The van der Waals surface area contributed by atoms with Crippen LogP contribution in [0.5, 0.6) is 5.75 Å². The van der Waals surface area contributed by atoms with Gasteiger partial charge in [-0.15, -0.1) is 0 Å². The fourth-order valence-electron chi connectivity index (χ4n) is 1.74. The first-order valence-electron chi connectivity index (χ1n) is 6.56. The van der Waals surface area contributed by atoms with Gasteiger partial charge in [0.2, 0.25) is 11.6 Å². The molecule has 0 saturated heterocycles. The van der Waals surface area contributed by atoms with Gasteiger partial charge in [0.1, 0.15) is 5.57 Å². The molecule has 0 aliphatic rings. The van der Waals surface area contributed by atoms with Crippen molar-refractivity contribution in [3.63, 3.8) is 0 Å².